The molecule has 0 atom stereocenters. The maximum Gasteiger partial charge on any atom is 0.338 e. The summed E-state index contributed by atoms with van der Waals surface area (Å²) in [4.78, 5) is 27.4. The van der Waals surface area contributed by atoms with Crippen LogP contribution in [0.1, 0.15) is 21.6 Å². The highest BCUT2D eigenvalue weighted by Gasteiger charge is 2.10. The Morgan fingerprint density at radius 3 is 2.46 bits per heavy atom. The smallest absolute Gasteiger partial charge is 0.338 e. The van der Waals surface area contributed by atoms with Crippen LogP contribution in [0.4, 0.5) is 10.5 Å². The zero-order valence-electron chi connectivity index (χ0n) is 14.1. The van der Waals surface area contributed by atoms with Gasteiger partial charge in [-0.2, -0.15) is 0 Å². The lowest BCUT2D eigenvalue weighted by atomic mass is 10.2. The number of carbonyl (C=O) groups is 2. The lowest BCUT2D eigenvalue weighted by molar-refractivity contribution is 0.0468. The molecule has 0 saturated heterocycles. The summed E-state index contributed by atoms with van der Waals surface area (Å²) in [5, 5.41) is 5.19. The van der Waals surface area contributed by atoms with Gasteiger partial charge in [-0.3, -0.25) is 0 Å². The molecule has 0 unspecified atom stereocenters. The Morgan fingerprint density at radius 1 is 1.12 bits per heavy atom. The van der Waals surface area contributed by atoms with Crippen molar-refractivity contribution >= 4 is 29.0 Å². The number of rotatable bonds is 5. The molecule has 0 aliphatic rings. The van der Waals surface area contributed by atoms with E-state index in [1.54, 1.807) is 24.3 Å². The number of aryl methyl sites for hydroxylation is 1. The Bertz CT molecular complexity index is 918. The van der Waals surface area contributed by atoms with Crippen LogP contribution in [0.3, 0.4) is 0 Å². The van der Waals surface area contributed by atoms with Gasteiger partial charge in [0.05, 0.1) is 11.3 Å². The second-order valence-corrected chi connectivity index (χ2v) is 6.51. The summed E-state index contributed by atoms with van der Waals surface area (Å²) in [6.07, 6.45) is 0. The minimum atomic E-state index is -0.659. The van der Waals surface area contributed by atoms with Gasteiger partial charge in [0.2, 0.25) is 0 Å². The van der Waals surface area contributed by atoms with Crippen molar-refractivity contribution in [2.45, 2.75) is 13.5 Å². The highest BCUT2D eigenvalue weighted by Crippen LogP contribution is 2.24. The number of amides is 2. The van der Waals surface area contributed by atoms with Crippen molar-refractivity contribution in [2.75, 3.05) is 5.32 Å². The molecule has 0 spiro atoms. The maximum atomic E-state index is 12.1. The average molecular weight is 367 g/mol. The van der Waals surface area contributed by atoms with Gasteiger partial charge in [-0.15, -0.1) is 11.3 Å². The van der Waals surface area contributed by atoms with Crippen LogP contribution in [0.25, 0.3) is 10.6 Å². The van der Waals surface area contributed by atoms with E-state index in [0.717, 1.165) is 10.6 Å². The van der Waals surface area contributed by atoms with Gasteiger partial charge >= 0.3 is 12.0 Å². The number of urea groups is 1. The van der Waals surface area contributed by atoms with Gasteiger partial charge in [0.1, 0.15) is 11.6 Å². The van der Waals surface area contributed by atoms with Crippen LogP contribution in [0, 0.1) is 6.92 Å². The number of esters is 1. The first-order valence-electron chi connectivity index (χ1n) is 7.86. The maximum absolute atomic E-state index is 12.1. The Morgan fingerprint density at radius 2 is 1.81 bits per heavy atom. The standard InChI is InChI=1S/C19H17N3O3S/c1-12-2-4-13(5-3-12)17-21-16(11-26-17)10-25-18(23)14-6-8-15(9-7-14)22-19(20)24/h2-9,11H,10H2,1H3,(H3,20,22,24). The second-order valence-electron chi connectivity index (χ2n) is 5.65. The molecule has 132 valence electrons. The van der Waals surface area contributed by atoms with E-state index in [-0.39, 0.29) is 6.61 Å². The molecule has 2 aromatic carbocycles. The molecule has 0 radical (unpaired) electrons. The van der Waals surface area contributed by atoms with Gasteiger partial charge in [-0.25, -0.2) is 14.6 Å². The summed E-state index contributed by atoms with van der Waals surface area (Å²) in [5.41, 5.74) is 8.86. The van der Waals surface area contributed by atoms with E-state index in [9.17, 15) is 9.59 Å². The third-order valence-electron chi connectivity index (χ3n) is 3.59. The van der Waals surface area contributed by atoms with Gasteiger partial charge in [0.15, 0.2) is 0 Å². The van der Waals surface area contributed by atoms with E-state index < -0.39 is 12.0 Å². The summed E-state index contributed by atoms with van der Waals surface area (Å²) in [6, 6.07) is 13.7. The molecular formula is C19H17N3O3S. The van der Waals surface area contributed by atoms with Crippen LogP contribution in [-0.4, -0.2) is 17.0 Å². The highest BCUT2D eigenvalue weighted by atomic mass is 32.1. The molecule has 6 nitrogen and oxygen atoms in total. The predicted octanol–water partition coefficient (Wildman–Crippen LogP) is 3.97. The van der Waals surface area contributed by atoms with E-state index in [4.69, 9.17) is 10.5 Å². The zero-order chi connectivity index (χ0) is 18.5. The van der Waals surface area contributed by atoms with Crippen LogP contribution in [-0.2, 0) is 11.3 Å². The lowest BCUT2D eigenvalue weighted by Gasteiger charge is -2.05. The molecule has 0 fully saturated rings. The Kier molecular flexibility index (Phi) is 5.28. The molecule has 3 aromatic rings. The average Bonchev–Trinajstić information content (AvgIpc) is 3.09. The quantitative estimate of drug-likeness (QED) is 0.667. The topological polar surface area (TPSA) is 94.3 Å². The van der Waals surface area contributed by atoms with Crippen LogP contribution in [0.5, 0.6) is 0 Å². The molecule has 0 saturated carbocycles. The van der Waals surface area contributed by atoms with Crippen LogP contribution in [0.2, 0.25) is 0 Å². The van der Waals surface area contributed by atoms with Gasteiger partial charge in [-0.05, 0) is 31.2 Å². The summed E-state index contributed by atoms with van der Waals surface area (Å²) >= 11 is 1.51. The Balaban J connectivity index is 1.59. The van der Waals surface area contributed by atoms with Crippen molar-refractivity contribution in [1.82, 2.24) is 4.98 Å². The van der Waals surface area contributed by atoms with E-state index in [0.29, 0.717) is 16.9 Å². The molecule has 1 aromatic heterocycles. The van der Waals surface area contributed by atoms with Crippen molar-refractivity contribution in [3.63, 3.8) is 0 Å². The molecule has 2 amide bonds. The summed E-state index contributed by atoms with van der Waals surface area (Å²) in [5.74, 6) is -0.458. The fourth-order valence-electron chi connectivity index (χ4n) is 2.26. The first kappa shape index (κ1) is 17.6. The van der Waals surface area contributed by atoms with E-state index in [2.05, 4.69) is 10.3 Å². The molecule has 0 aliphatic carbocycles. The molecule has 3 rings (SSSR count). The normalized spacial score (nSPS) is 10.3. The number of hydrogen-bond donors (Lipinski definition) is 2. The van der Waals surface area contributed by atoms with Crippen LogP contribution < -0.4 is 11.1 Å². The minimum absolute atomic E-state index is 0.0997. The van der Waals surface area contributed by atoms with Gasteiger partial charge < -0.3 is 15.8 Å². The van der Waals surface area contributed by atoms with Gasteiger partial charge in [0.25, 0.3) is 0 Å². The lowest BCUT2D eigenvalue weighted by Crippen LogP contribution is -2.19. The Labute approximate surface area is 154 Å². The van der Waals surface area contributed by atoms with E-state index in [1.165, 1.54) is 16.9 Å². The molecule has 1 heterocycles. The number of benzene rings is 2. The van der Waals surface area contributed by atoms with Crippen molar-refractivity contribution in [1.29, 1.82) is 0 Å². The fraction of sp³-hybridized carbons (Fsp3) is 0.105. The number of ether oxygens (including phenoxy) is 1. The number of nitrogens with zero attached hydrogens (tertiary/aromatic N) is 1. The first-order chi connectivity index (χ1) is 12.5. The molecule has 3 N–H and O–H groups in total. The van der Waals surface area contributed by atoms with Crippen LogP contribution >= 0.6 is 11.3 Å². The van der Waals surface area contributed by atoms with Crippen molar-refractivity contribution < 1.29 is 14.3 Å². The largest absolute Gasteiger partial charge is 0.456 e. The number of nitrogens with two attached hydrogens (primary N) is 1. The SMILES string of the molecule is Cc1ccc(-c2nc(COC(=O)c3ccc(NC(N)=O)cc3)cs2)cc1. The molecule has 0 bridgehead atoms. The third-order valence-corrected chi connectivity index (χ3v) is 4.53. The van der Waals surface area contributed by atoms with Crippen molar-refractivity contribution in [3.8, 4) is 10.6 Å². The van der Waals surface area contributed by atoms with E-state index in [1.807, 2.05) is 36.6 Å². The molecular weight excluding hydrogens is 350 g/mol. The van der Waals surface area contributed by atoms with Gasteiger partial charge in [0, 0.05) is 16.6 Å². The number of carbonyl (C=O) groups excluding carboxylic acids is 2. The minimum Gasteiger partial charge on any atom is -0.456 e. The Hall–Kier alpha value is -3.19. The monoisotopic (exact) mass is 367 g/mol. The molecule has 0 aliphatic heterocycles. The summed E-state index contributed by atoms with van der Waals surface area (Å²) in [7, 11) is 0. The van der Waals surface area contributed by atoms with Crippen molar-refractivity contribution in [2.24, 2.45) is 5.73 Å². The molecule has 7 heteroatoms. The molecule has 26 heavy (non-hydrogen) atoms. The zero-order valence-corrected chi connectivity index (χ0v) is 14.9. The second kappa shape index (κ2) is 7.79. The highest BCUT2D eigenvalue weighted by molar-refractivity contribution is 7.13. The van der Waals surface area contributed by atoms with Crippen LogP contribution in [0.15, 0.2) is 53.9 Å². The number of hydrogen-bond acceptors (Lipinski definition) is 5. The van der Waals surface area contributed by atoms with E-state index >= 15 is 0 Å². The number of primary amides is 1. The summed E-state index contributed by atoms with van der Waals surface area (Å²) in [6.45, 7) is 2.13. The predicted molar refractivity (Wildman–Crippen MR) is 101 cm³/mol. The number of aromatic nitrogens is 1. The first-order valence-corrected chi connectivity index (χ1v) is 8.74. The number of thiazole rings is 1. The fourth-order valence-corrected chi connectivity index (χ4v) is 3.07. The van der Waals surface area contributed by atoms with Crippen molar-refractivity contribution in [3.05, 3.63) is 70.7 Å². The number of nitrogens with one attached hydrogen (secondary N) is 1. The third kappa shape index (κ3) is 4.46. The van der Waals surface area contributed by atoms with Gasteiger partial charge in [-0.1, -0.05) is 29.8 Å². The summed E-state index contributed by atoms with van der Waals surface area (Å²) < 4.78 is 5.30. The number of anilines is 1.